The molecular weight excluding hydrogens is 234 g/mol. The number of carboxylic acid groups (broad SMARTS) is 1. The third-order valence-corrected chi connectivity index (χ3v) is 2.97. The molecule has 3 N–H and O–H groups in total. The number of methoxy groups -OCH3 is 2. The number of nitrogens with two attached hydrogens (primary N) is 1. The van der Waals surface area contributed by atoms with Gasteiger partial charge in [0.15, 0.2) is 0 Å². The van der Waals surface area contributed by atoms with E-state index in [0.29, 0.717) is 5.75 Å². The lowest BCUT2D eigenvalue weighted by Gasteiger charge is -2.18. The molecule has 1 aromatic rings. The molecule has 0 amide bonds. The zero-order valence-electron chi connectivity index (χ0n) is 11.1. The molecule has 1 rings (SSSR count). The lowest BCUT2D eigenvalue weighted by Crippen LogP contribution is -2.32. The van der Waals surface area contributed by atoms with E-state index >= 15 is 0 Å². The molecule has 0 aliphatic carbocycles. The van der Waals surface area contributed by atoms with Crippen LogP contribution in [0.1, 0.15) is 16.7 Å². The molecule has 5 nitrogen and oxygen atoms in total. The number of rotatable bonds is 5. The Labute approximate surface area is 107 Å². The van der Waals surface area contributed by atoms with Gasteiger partial charge in [0.1, 0.15) is 17.5 Å². The minimum absolute atomic E-state index is 0.231. The number of carbonyl (C=O) groups is 1. The Bertz CT molecular complexity index is 457. The highest BCUT2D eigenvalue weighted by Gasteiger charge is 2.20. The van der Waals surface area contributed by atoms with Gasteiger partial charge in [-0.15, -0.1) is 0 Å². The van der Waals surface area contributed by atoms with E-state index in [1.54, 1.807) is 14.2 Å². The molecular formula is C13H19NO4. The van der Waals surface area contributed by atoms with Gasteiger partial charge in [-0.3, -0.25) is 4.79 Å². The number of aryl methyl sites for hydroxylation is 1. The third-order valence-electron chi connectivity index (χ3n) is 2.97. The Balaban J connectivity index is 3.26. The van der Waals surface area contributed by atoms with E-state index in [4.69, 9.17) is 20.3 Å². The fourth-order valence-corrected chi connectivity index (χ4v) is 1.96. The average Bonchev–Trinajstić information content (AvgIpc) is 2.33. The van der Waals surface area contributed by atoms with Gasteiger partial charge in [-0.05, 0) is 31.0 Å². The van der Waals surface area contributed by atoms with E-state index in [2.05, 4.69) is 0 Å². The normalized spacial score (nSPS) is 12.1. The zero-order valence-corrected chi connectivity index (χ0v) is 11.1. The lowest BCUT2D eigenvalue weighted by atomic mass is 9.97. The molecule has 0 radical (unpaired) electrons. The Morgan fingerprint density at radius 3 is 2.44 bits per heavy atom. The van der Waals surface area contributed by atoms with Crippen LogP contribution in [0.25, 0.3) is 0 Å². The minimum Gasteiger partial charge on any atom is -0.496 e. The number of benzene rings is 1. The van der Waals surface area contributed by atoms with Crippen LogP contribution in [0, 0.1) is 13.8 Å². The molecule has 100 valence electrons. The van der Waals surface area contributed by atoms with Gasteiger partial charge in [0.05, 0.1) is 14.2 Å². The van der Waals surface area contributed by atoms with Gasteiger partial charge < -0.3 is 20.3 Å². The number of aliphatic carboxylic acids is 1. The van der Waals surface area contributed by atoms with Gasteiger partial charge in [-0.1, -0.05) is 0 Å². The number of ether oxygens (including phenoxy) is 2. The van der Waals surface area contributed by atoms with Crippen molar-refractivity contribution in [2.45, 2.75) is 26.3 Å². The monoisotopic (exact) mass is 253 g/mol. The highest BCUT2D eigenvalue weighted by atomic mass is 16.5. The molecule has 0 aliphatic heterocycles. The van der Waals surface area contributed by atoms with Crippen LogP contribution in [-0.2, 0) is 11.2 Å². The van der Waals surface area contributed by atoms with Gasteiger partial charge in [0, 0.05) is 12.0 Å². The van der Waals surface area contributed by atoms with E-state index in [1.807, 2.05) is 19.9 Å². The summed E-state index contributed by atoms with van der Waals surface area (Å²) in [6.45, 7) is 3.75. The van der Waals surface area contributed by atoms with Gasteiger partial charge in [0.2, 0.25) is 0 Å². The smallest absolute Gasteiger partial charge is 0.320 e. The largest absolute Gasteiger partial charge is 0.496 e. The van der Waals surface area contributed by atoms with E-state index < -0.39 is 12.0 Å². The van der Waals surface area contributed by atoms with E-state index in [9.17, 15) is 4.79 Å². The Hall–Kier alpha value is -1.75. The Morgan fingerprint density at radius 2 is 2.00 bits per heavy atom. The Morgan fingerprint density at radius 1 is 1.39 bits per heavy atom. The molecule has 0 heterocycles. The molecule has 0 aliphatic rings. The second kappa shape index (κ2) is 5.73. The van der Waals surface area contributed by atoms with Gasteiger partial charge in [0.25, 0.3) is 0 Å². The maximum absolute atomic E-state index is 10.8. The van der Waals surface area contributed by atoms with Crippen LogP contribution in [0.5, 0.6) is 11.5 Å². The van der Waals surface area contributed by atoms with E-state index in [1.165, 1.54) is 0 Å². The quantitative estimate of drug-likeness (QED) is 0.826. The van der Waals surface area contributed by atoms with Crippen LogP contribution in [0.2, 0.25) is 0 Å². The Kier molecular flexibility index (Phi) is 4.55. The molecule has 0 bridgehead atoms. The second-order valence-corrected chi connectivity index (χ2v) is 4.18. The van der Waals surface area contributed by atoms with E-state index in [-0.39, 0.29) is 6.42 Å². The molecule has 0 aromatic heterocycles. The maximum Gasteiger partial charge on any atom is 0.320 e. The van der Waals surface area contributed by atoms with Crippen molar-refractivity contribution >= 4 is 5.97 Å². The molecule has 0 fully saturated rings. The fourth-order valence-electron chi connectivity index (χ4n) is 1.96. The van der Waals surface area contributed by atoms with Crippen LogP contribution < -0.4 is 15.2 Å². The van der Waals surface area contributed by atoms with Crippen molar-refractivity contribution in [2.75, 3.05) is 14.2 Å². The summed E-state index contributed by atoms with van der Waals surface area (Å²) in [5.41, 5.74) is 8.14. The predicted molar refractivity (Wildman–Crippen MR) is 68.3 cm³/mol. The summed E-state index contributed by atoms with van der Waals surface area (Å²) in [4.78, 5) is 10.8. The summed E-state index contributed by atoms with van der Waals surface area (Å²) in [5.74, 6) is 0.338. The van der Waals surface area contributed by atoms with Crippen molar-refractivity contribution in [2.24, 2.45) is 5.73 Å². The summed E-state index contributed by atoms with van der Waals surface area (Å²) in [7, 11) is 3.14. The van der Waals surface area contributed by atoms with Crippen molar-refractivity contribution in [3.63, 3.8) is 0 Å². The van der Waals surface area contributed by atoms with Crippen molar-refractivity contribution in [1.82, 2.24) is 0 Å². The van der Waals surface area contributed by atoms with Crippen LogP contribution >= 0.6 is 0 Å². The van der Waals surface area contributed by atoms with Gasteiger partial charge in [-0.2, -0.15) is 0 Å². The first-order valence-electron chi connectivity index (χ1n) is 5.61. The first-order chi connectivity index (χ1) is 8.42. The van der Waals surface area contributed by atoms with Crippen molar-refractivity contribution in [3.05, 3.63) is 22.8 Å². The topological polar surface area (TPSA) is 81.8 Å². The van der Waals surface area contributed by atoms with Crippen LogP contribution in [0.3, 0.4) is 0 Å². The number of hydrogen-bond acceptors (Lipinski definition) is 4. The molecule has 1 aromatic carbocycles. The SMILES string of the molecule is COc1cc(C)c(CC(N)C(=O)O)c(OC)c1C. The molecule has 0 saturated carbocycles. The van der Waals surface area contributed by atoms with Crippen molar-refractivity contribution in [3.8, 4) is 11.5 Å². The van der Waals surface area contributed by atoms with Gasteiger partial charge >= 0.3 is 5.97 Å². The first kappa shape index (κ1) is 14.3. The number of hydrogen-bond donors (Lipinski definition) is 2. The van der Waals surface area contributed by atoms with Gasteiger partial charge in [-0.25, -0.2) is 0 Å². The summed E-state index contributed by atoms with van der Waals surface area (Å²) in [5, 5.41) is 8.88. The van der Waals surface area contributed by atoms with Crippen molar-refractivity contribution < 1.29 is 19.4 Å². The summed E-state index contributed by atoms with van der Waals surface area (Å²) in [6.07, 6.45) is 0.231. The molecule has 1 unspecified atom stereocenters. The average molecular weight is 253 g/mol. The minimum atomic E-state index is -1.02. The molecule has 18 heavy (non-hydrogen) atoms. The van der Waals surface area contributed by atoms with Crippen LogP contribution in [0.4, 0.5) is 0 Å². The summed E-state index contributed by atoms with van der Waals surface area (Å²) >= 11 is 0. The van der Waals surface area contributed by atoms with E-state index in [0.717, 1.165) is 22.4 Å². The van der Waals surface area contributed by atoms with Crippen LogP contribution in [-0.4, -0.2) is 31.3 Å². The van der Waals surface area contributed by atoms with Crippen LogP contribution in [0.15, 0.2) is 6.07 Å². The highest BCUT2D eigenvalue weighted by molar-refractivity contribution is 5.74. The summed E-state index contributed by atoms with van der Waals surface area (Å²) in [6, 6.07) is 0.923. The first-order valence-corrected chi connectivity index (χ1v) is 5.61. The molecule has 5 heteroatoms. The second-order valence-electron chi connectivity index (χ2n) is 4.18. The summed E-state index contributed by atoms with van der Waals surface area (Å²) < 4.78 is 10.6. The molecule has 0 spiro atoms. The predicted octanol–water partition coefficient (Wildman–Crippen LogP) is 1.28. The lowest BCUT2D eigenvalue weighted by molar-refractivity contribution is -0.138. The van der Waals surface area contributed by atoms with Crippen molar-refractivity contribution in [1.29, 1.82) is 0 Å². The molecule has 0 saturated heterocycles. The maximum atomic E-state index is 10.8. The highest BCUT2D eigenvalue weighted by Crippen LogP contribution is 2.34. The molecule has 1 atom stereocenters. The zero-order chi connectivity index (χ0) is 13.9. The standard InChI is InChI=1S/C13H19NO4/c1-7-5-11(17-3)8(2)12(18-4)9(7)6-10(14)13(15)16/h5,10H,6,14H2,1-4H3,(H,15,16). The number of carboxylic acids is 1. The third kappa shape index (κ3) is 2.73. The fraction of sp³-hybridized carbons (Fsp3) is 0.462.